The fourth-order valence-corrected chi connectivity index (χ4v) is 4.70. The third-order valence-electron chi connectivity index (χ3n) is 3.88. The summed E-state index contributed by atoms with van der Waals surface area (Å²) in [5, 5.41) is 11.8. The molecule has 2 rings (SSSR count). The Morgan fingerprint density at radius 2 is 2.14 bits per heavy atom. The van der Waals surface area contributed by atoms with Gasteiger partial charge in [0.2, 0.25) is 11.0 Å². The predicted octanol–water partition coefficient (Wildman–Crippen LogP) is 3.24. The van der Waals surface area contributed by atoms with Gasteiger partial charge in [0.25, 0.3) is 0 Å². The summed E-state index contributed by atoms with van der Waals surface area (Å²) in [6.07, 6.45) is 6.11. The topological polar surface area (TPSA) is 58.1 Å². The van der Waals surface area contributed by atoms with Crippen molar-refractivity contribution in [3.8, 4) is 0 Å². The van der Waals surface area contributed by atoms with Crippen LogP contribution in [0.15, 0.2) is 4.34 Å². The average molecular weight is 329 g/mol. The molecule has 0 aliphatic heterocycles. The molecule has 1 aromatic heterocycles. The largest absolute Gasteiger partial charge is 0.363 e. The molecule has 0 spiro atoms. The van der Waals surface area contributed by atoms with Crippen LogP contribution in [0.4, 0.5) is 5.13 Å². The van der Waals surface area contributed by atoms with E-state index in [4.69, 9.17) is 0 Å². The van der Waals surface area contributed by atoms with Crippen molar-refractivity contribution in [2.45, 2.75) is 61.6 Å². The second-order valence-electron chi connectivity index (χ2n) is 5.30. The lowest BCUT2D eigenvalue weighted by molar-refractivity contribution is -0.133. The van der Waals surface area contributed by atoms with Crippen molar-refractivity contribution in [3.05, 3.63) is 0 Å². The number of nitrogens with one attached hydrogen (secondary N) is 1. The van der Waals surface area contributed by atoms with Gasteiger partial charge in [-0.3, -0.25) is 4.79 Å². The Labute approximate surface area is 134 Å². The fourth-order valence-electron chi connectivity index (χ4n) is 2.78. The molecule has 1 amide bonds. The standard InChI is InChI=1S/C14H24N4OS2/c1-4-18(11-8-6-5-7-9-11)12(19)10(2)20-14-17-16-13(15-3)21-14/h10-11H,4-9H2,1-3H3,(H,15,16)/t10-/m0/s1. The van der Waals surface area contributed by atoms with E-state index in [-0.39, 0.29) is 11.2 Å². The summed E-state index contributed by atoms with van der Waals surface area (Å²) in [4.78, 5) is 14.8. The van der Waals surface area contributed by atoms with E-state index in [1.165, 1.54) is 42.4 Å². The molecule has 1 N–H and O–H groups in total. The van der Waals surface area contributed by atoms with Crippen molar-refractivity contribution < 1.29 is 4.79 Å². The minimum atomic E-state index is -0.107. The summed E-state index contributed by atoms with van der Waals surface area (Å²) in [6, 6.07) is 0.432. The first-order chi connectivity index (χ1) is 10.2. The number of hydrogen-bond donors (Lipinski definition) is 1. The normalized spacial score (nSPS) is 17.5. The van der Waals surface area contributed by atoms with Gasteiger partial charge < -0.3 is 10.2 Å². The van der Waals surface area contributed by atoms with Crippen LogP contribution < -0.4 is 5.32 Å². The lowest BCUT2D eigenvalue weighted by atomic mass is 9.94. The summed E-state index contributed by atoms with van der Waals surface area (Å²) >= 11 is 3.00. The molecule has 21 heavy (non-hydrogen) atoms. The van der Waals surface area contributed by atoms with E-state index in [1.54, 1.807) is 0 Å². The van der Waals surface area contributed by atoms with Crippen molar-refractivity contribution in [1.82, 2.24) is 15.1 Å². The van der Waals surface area contributed by atoms with Gasteiger partial charge >= 0.3 is 0 Å². The van der Waals surface area contributed by atoms with Crippen molar-refractivity contribution in [2.24, 2.45) is 0 Å². The minimum absolute atomic E-state index is 0.107. The molecule has 1 aliphatic carbocycles. The number of amides is 1. The van der Waals surface area contributed by atoms with E-state index in [0.29, 0.717) is 6.04 Å². The highest BCUT2D eigenvalue weighted by Gasteiger charge is 2.28. The quantitative estimate of drug-likeness (QED) is 0.812. The molecule has 1 atom stereocenters. The summed E-state index contributed by atoms with van der Waals surface area (Å²) in [7, 11) is 1.82. The molecule has 1 heterocycles. The highest BCUT2D eigenvalue weighted by molar-refractivity contribution is 8.02. The van der Waals surface area contributed by atoms with Crippen LogP contribution in [0.3, 0.4) is 0 Å². The molecule has 5 nitrogen and oxygen atoms in total. The minimum Gasteiger partial charge on any atom is -0.363 e. The van der Waals surface area contributed by atoms with Crippen LogP contribution in [-0.2, 0) is 4.79 Å². The van der Waals surface area contributed by atoms with E-state index in [9.17, 15) is 4.79 Å². The number of nitrogens with zero attached hydrogens (tertiary/aromatic N) is 3. The monoisotopic (exact) mass is 328 g/mol. The maximum atomic E-state index is 12.7. The lowest BCUT2D eigenvalue weighted by Gasteiger charge is -2.35. The van der Waals surface area contributed by atoms with E-state index in [0.717, 1.165) is 28.9 Å². The third-order valence-corrected chi connectivity index (χ3v) is 6.00. The number of anilines is 1. The smallest absolute Gasteiger partial charge is 0.236 e. The average Bonchev–Trinajstić information content (AvgIpc) is 2.96. The molecule has 1 fully saturated rings. The van der Waals surface area contributed by atoms with Crippen LogP contribution in [0.1, 0.15) is 46.0 Å². The zero-order valence-corrected chi connectivity index (χ0v) is 14.6. The van der Waals surface area contributed by atoms with Gasteiger partial charge in [-0.05, 0) is 26.7 Å². The summed E-state index contributed by atoms with van der Waals surface area (Å²) < 4.78 is 0.847. The van der Waals surface area contributed by atoms with E-state index in [1.807, 2.05) is 14.0 Å². The van der Waals surface area contributed by atoms with E-state index >= 15 is 0 Å². The molecule has 118 valence electrons. The number of carbonyl (C=O) groups is 1. The highest BCUT2D eigenvalue weighted by Crippen LogP contribution is 2.31. The maximum Gasteiger partial charge on any atom is 0.236 e. The van der Waals surface area contributed by atoms with E-state index in [2.05, 4.69) is 27.3 Å². The van der Waals surface area contributed by atoms with Gasteiger partial charge in [0.1, 0.15) is 0 Å². The second-order valence-corrected chi connectivity index (χ2v) is 7.86. The molecular formula is C14H24N4OS2. The molecule has 1 aromatic rings. The first-order valence-corrected chi connectivity index (χ1v) is 9.33. The van der Waals surface area contributed by atoms with Gasteiger partial charge in [-0.25, -0.2) is 0 Å². The Hall–Kier alpha value is -0.820. The number of thioether (sulfide) groups is 1. The van der Waals surface area contributed by atoms with Crippen LogP contribution in [0.5, 0.6) is 0 Å². The van der Waals surface area contributed by atoms with Gasteiger partial charge in [-0.15, -0.1) is 10.2 Å². The number of carbonyl (C=O) groups excluding carboxylic acids is 1. The van der Waals surface area contributed by atoms with Crippen molar-refractivity contribution in [2.75, 3.05) is 18.9 Å². The molecule has 1 saturated carbocycles. The zero-order chi connectivity index (χ0) is 15.2. The van der Waals surface area contributed by atoms with Gasteiger partial charge in [-0.1, -0.05) is 42.4 Å². The van der Waals surface area contributed by atoms with Gasteiger partial charge in [0, 0.05) is 19.6 Å². The lowest BCUT2D eigenvalue weighted by Crippen LogP contribution is -2.44. The Kier molecular flexibility index (Phi) is 6.29. The molecular weight excluding hydrogens is 304 g/mol. The molecule has 0 radical (unpaired) electrons. The van der Waals surface area contributed by atoms with E-state index < -0.39 is 0 Å². The first kappa shape index (κ1) is 16.5. The third kappa shape index (κ3) is 4.32. The molecule has 0 unspecified atom stereocenters. The van der Waals surface area contributed by atoms with Crippen molar-refractivity contribution in [1.29, 1.82) is 0 Å². The Morgan fingerprint density at radius 1 is 1.43 bits per heavy atom. The first-order valence-electron chi connectivity index (χ1n) is 7.64. The van der Waals surface area contributed by atoms with Crippen molar-refractivity contribution in [3.63, 3.8) is 0 Å². The number of hydrogen-bond acceptors (Lipinski definition) is 6. The molecule has 0 bridgehead atoms. The SMILES string of the molecule is CCN(C(=O)[C@H](C)Sc1nnc(NC)s1)C1CCCCC1. The highest BCUT2D eigenvalue weighted by atomic mass is 32.2. The summed E-state index contributed by atoms with van der Waals surface area (Å²) in [6.45, 7) is 4.85. The van der Waals surface area contributed by atoms with Gasteiger partial charge in [-0.2, -0.15) is 0 Å². The van der Waals surface area contributed by atoms with Crippen LogP contribution >= 0.6 is 23.1 Å². The molecule has 7 heteroatoms. The number of rotatable bonds is 6. The predicted molar refractivity (Wildman–Crippen MR) is 89.0 cm³/mol. The van der Waals surface area contributed by atoms with Crippen molar-refractivity contribution >= 4 is 34.1 Å². The molecule has 0 aromatic carbocycles. The molecule has 0 saturated heterocycles. The van der Waals surface area contributed by atoms with Crippen LogP contribution in [0.25, 0.3) is 0 Å². The number of aromatic nitrogens is 2. The van der Waals surface area contributed by atoms with Gasteiger partial charge in [0.05, 0.1) is 5.25 Å². The van der Waals surface area contributed by atoms with Crippen LogP contribution in [0, 0.1) is 0 Å². The second kappa shape index (κ2) is 7.98. The Morgan fingerprint density at radius 3 is 2.71 bits per heavy atom. The molecule has 1 aliphatic rings. The zero-order valence-electron chi connectivity index (χ0n) is 13.0. The maximum absolute atomic E-state index is 12.7. The Balaban J connectivity index is 1.95. The van der Waals surface area contributed by atoms with Gasteiger partial charge in [0.15, 0.2) is 4.34 Å². The Bertz CT molecular complexity index is 460. The fraction of sp³-hybridized carbons (Fsp3) is 0.786. The summed E-state index contributed by atoms with van der Waals surface area (Å²) in [5.41, 5.74) is 0. The van der Waals surface area contributed by atoms with Crippen LogP contribution in [-0.4, -0.2) is 45.9 Å². The van der Waals surface area contributed by atoms with Crippen LogP contribution in [0.2, 0.25) is 0 Å². The summed E-state index contributed by atoms with van der Waals surface area (Å²) in [5.74, 6) is 0.232.